The molecule has 16 heavy (non-hydrogen) atoms. The standard InChI is InChI=1S/C11H12O4S/c1-7(6-10(12)13)16-9-4-2-8(3-5-9)11(14)15/h2-5,7H,6H2,1H3,(H,12,13)(H,14,15). The van der Waals surface area contributed by atoms with Gasteiger partial charge < -0.3 is 10.2 Å². The third-order valence-electron chi connectivity index (χ3n) is 1.90. The Morgan fingerprint density at radius 3 is 2.25 bits per heavy atom. The van der Waals surface area contributed by atoms with Gasteiger partial charge in [0.2, 0.25) is 0 Å². The summed E-state index contributed by atoms with van der Waals surface area (Å²) < 4.78 is 0. The molecular formula is C11H12O4S. The van der Waals surface area contributed by atoms with Gasteiger partial charge in [-0.25, -0.2) is 4.79 Å². The number of benzene rings is 1. The minimum absolute atomic E-state index is 0.0341. The molecule has 0 aromatic heterocycles. The molecule has 2 N–H and O–H groups in total. The van der Waals surface area contributed by atoms with Crippen LogP contribution in [0.1, 0.15) is 23.7 Å². The highest BCUT2D eigenvalue weighted by atomic mass is 32.2. The van der Waals surface area contributed by atoms with Gasteiger partial charge in [-0.2, -0.15) is 0 Å². The SMILES string of the molecule is CC(CC(=O)O)Sc1ccc(C(=O)O)cc1. The van der Waals surface area contributed by atoms with Crippen molar-refractivity contribution >= 4 is 23.7 Å². The molecule has 1 rings (SSSR count). The van der Waals surface area contributed by atoms with E-state index in [1.54, 1.807) is 12.1 Å². The van der Waals surface area contributed by atoms with Crippen LogP contribution in [0.15, 0.2) is 29.2 Å². The normalized spacial score (nSPS) is 12.1. The molecule has 0 fully saturated rings. The number of carbonyl (C=O) groups is 2. The van der Waals surface area contributed by atoms with E-state index in [-0.39, 0.29) is 17.2 Å². The molecule has 1 atom stereocenters. The van der Waals surface area contributed by atoms with E-state index in [0.29, 0.717) is 0 Å². The van der Waals surface area contributed by atoms with E-state index in [4.69, 9.17) is 10.2 Å². The first kappa shape index (κ1) is 12.6. The highest BCUT2D eigenvalue weighted by molar-refractivity contribution is 8.00. The number of carboxylic acid groups (broad SMARTS) is 2. The smallest absolute Gasteiger partial charge is 0.335 e. The Balaban J connectivity index is 2.61. The number of aliphatic carboxylic acids is 1. The molecular weight excluding hydrogens is 228 g/mol. The molecule has 0 amide bonds. The Hall–Kier alpha value is -1.49. The van der Waals surface area contributed by atoms with Gasteiger partial charge >= 0.3 is 11.9 Å². The van der Waals surface area contributed by atoms with Crippen molar-refractivity contribution in [2.24, 2.45) is 0 Å². The van der Waals surface area contributed by atoms with Crippen LogP contribution in [0.2, 0.25) is 0 Å². The largest absolute Gasteiger partial charge is 0.481 e. The van der Waals surface area contributed by atoms with Gasteiger partial charge in [-0.05, 0) is 24.3 Å². The summed E-state index contributed by atoms with van der Waals surface area (Å²) in [5.74, 6) is -1.79. The lowest BCUT2D eigenvalue weighted by molar-refractivity contribution is -0.136. The van der Waals surface area contributed by atoms with Crippen LogP contribution in [0.4, 0.5) is 0 Å². The summed E-state index contributed by atoms with van der Waals surface area (Å²) in [5.41, 5.74) is 0.232. The summed E-state index contributed by atoms with van der Waals surface area (Å²) in [6.07, 6.45) is 0.0886. The molecule has 1 aromatic carbocycles. The molecule has 1 unspecified atom stereocenters. The Morgan fingerprint density at radius 2 is 1.81 bits per heavy atom. The predicted molar refractivity (Wildman–Crippen MR) is 61.0 cm³/mol. The van der Waals surface area contributed by atoms with Crippen molar-refractivity contribution in [3.8, 4) is 0 Å². The van der Waals surface area contributed by atoms with Crippen LogP contribution in [0.5, 0.6) is 0 Å². The third kappa shape index (κ3) is 3.94. The zero-order chi connectivity index (χ0) is 12.1. The lowest BCUT2D eigenvalue weighted by Crippen LogP contribution is -2.05. The van der Waals surface area contributed by atoms with Crippen LogP contribution >= 0.6 is 11.8 Å². The molecule has 4 nitrogen and oxygen atoms in total. The quantitative estimate of drug-likeness (QED) is 0.773. The fourth-order valence-electron chi connectivity index (χ4n) is 1.20. The van der Waals surface area contributed by atoms with Crippen LogP contribution in [0.3, 0.4) is 0 Å². The highest BCUT2D eigenvalue weighted by Gasteiger charge is 2.09. The topological polar surface area (TPSA) is 74.6 Å². The van der Waals surface area contributed by atoms with Crippen molar-refractivity contribution in [3.05, 3.63) is 29.8 Å². The highest BCUT2D eigenvalue weighted by Crippen LogP contribution is 2.25. The molecule has 0 heterocycles. The Labute approximate surface area is 97.3 Å². The minimum Gasteiger partial charge on any atom is -0.481 e. The first-order valence-corrected chi connectivity index (χ1v) is 5.59. The van der Waals surface area contributed by atoms with E-state index in [1.165, 1.54) is 23.9 Å². The molecule has 0 saturated heterocycles. The van der Waals surface area contributed by atoms with Gasteiger partial charge in [0.05, 0.1) is 12.0 Å². The molecule has 86 valence electrons. The van der Waals surface area contributed by atoms with Crippen molar-refractivity contribution in [2.45, 2.75) is 23.5 Å². The molecule has 1 aromatic rings. The Morgan fingerprint density at radius 1 is 1.25 bits per heavy atom. The fraction of sp³-hybridized carbons (Fsp3) is 0.273. The molecule has 0 aliphatic rings. The summed E-state index contributed by atoms with van der Waals surface area (Å²) in [6.45, 7) is 1.82. The number of hydrogen-bond acceptors (Lipinski definition) is 3. The molecule has 0 saturated carbocycles. The van der Waals surface area contributed by atoms with Crippen LogP contribution in [-0.4, -0.2) is 27.4 Å². The predicted octanol–water partition coefficient (Wildman–Crippen LogP) is 2.34. The van der Waals surface area contributed by atoms with E-state index >= 15 is 0 Å². The van der Waals surface area contributed by atoms with Crippen molar-refractivity contribution in [2.75, 3.05) is 0 Å². The molecule has 0 spiro atoms. The van der Waals surface area contributed by atoms with Crippen molar-refractivity contribution in [3.63, 3.8) is 0 Å². The van der Waals surface area contributed by atoms with E-state index in [2.05, 4.69) is 0 Å². The summed E-state index contributed by atoms with van der Waals surface area (Å²) in [5, 5.41) is 17.2. The average molecular weight is 240 g/mol. The van der Waals surface area contributed by atoms with E-state index in [0.717, 1.165) is 4.90 Å². The van der Waals surface area contributed by atoms with Gasteiger partial charge in [0.15, 0.2) is 0 Å². The molecule has 0 bridgehead atoms. The van der Waals surface area contributed by atoms with Crippen molar-refractivity contribution in [1.29, 1.82) is 0 Å². The van der Waals surface area contributed by atoms with E-state index in [1.807, 2.05) is 6.92 Å². The second kappa shape index (κ2) is 5.55. The zero-order valence-corrected chi connectivity index (χ0v) is 9.53. The Bertz CT molecular complexity index is 385. The number of hydrogen-bond donors (Lipinski definition) is 2. The maximum Gasteiger partial charge on any atom is 0.335 e. The van der Waals surface area contributed by atoms with Gasteiger partial charge in [-0.15, -0.1) is 11.8 Å². The number of carboxylic acids is 2. The van der Waals surface area contributed by atoms with Gasteiger partial charge in [0, 0.05) is 10.1 Å². The van der Waals surface area contributed by atoms with Crippen LogP contribution in [0, 0.1) is 0 Å². The maximum absolute atomic E-state index is 10.6. The van der Waals surface area contributed by atoms with Crippen molar-refractivity contribution in [1.82, 2.24) is 0 Å². The average Bonchev–Trinajstić information content (AvgIpc) is 2.16. The Kier molecular flexibility index (Phi) is 4.37. The first-order chi connectivity index (χ1) is 7.49. The van der Waals surface area contributed by atoms with Gasteiger partial charge in [-0.1, -0.05) is 6.92 Å². The van der Waals surface area contributed by atoms with Gasteiger partial charge in [0.25, 0.3) is 0 Å². The number of aromatic carboxylic acids is 1. The van der Waals surface area contributed by atoms with E-state index < -0.39 is 11.9 Å². The number of rotatable bonds is 5. The van der Waals surface area contributed by atoms with E-state index in [9.17, 15) is 9.59 Å². The van der Waals surface area contributed by atoms with Gasteiger partial charge in [0.1, 0.15) is 0 Å². The summed E-state index contributed by atoms with van der Waals surface area (Å²) in [6, 6.07) is 6.40. The second-order valence-corrected chi connectivity index (χ2v) is 4.87. The maximum atomic E-state index is 10.6. The zero-order valence-electron chi connectivity index (χ0n) is 8.71. The fourth-order valence-corrected chi connectivity index (χ4v) is 2.18. The monoisotopic (exact) mass is 240 g/mol. The third-order valence-corrected chi connectivity index (χ3v) is 3.01. The second-order valence-electron chi connectivity index (χ2n) is 3.36. The first-order valence-electron chi connectivity index (χ1n) is 4.71. The van der Waals surface area contributed by atoms with Crippen LogP contribution in [-0.2, 0) is 4.79 Å². The van der Waals surface area contributed by atoms with Crippen LogP contribution in [0.25, 0.3) is 0 Å². The molecule has 5 heteroatoms. The summed E-state index contributed by atoms with van der Waals surface area (Å²) >= 11 is 1.42. The van der Waals surface area contributed by atoms with Crippen LogP contribution < -0.4 is 0 Å². The lowest BCUT2D eigenvalue weighted by Gasteiger charge is -2.08. The molecule has 0 aliphatic carbocycles. The summed E-state index contributed by atoms with van der Waals surface area (Å²) in [7, 11) is 0. The summed E-state index contributed by atoms with van der Waals surface area (Å²) in [4.78, 5) is 21.9. The van der Waals surface area contributed by atoms with Gasteiger partial charge in [-0.3, -0.25) is 4.79 Å². The molecule has 0 aliphatic heterocycles. The minimum atomic E-state index is -0.963. The number of thioether (sulfide) groups is 1. The lowest BCUT2D eigenvalue weighted by atomic mass is 10.2. The molecule has 0 radical (unpaired) electrons. The van der Waals surface area contributed by atoms with Crippen molar-refractivity contribution < 1.29 is 19.8 Å².